The Morgan fingerprint density at radius 1 is 1.53 bits per heavy atom. The molecule has 0 radical (unpaired) electrons. The first-order valence-electron chi connectivity index (χ1n) is 6.61. The lowest BCUT2D eigenvalue weighted by Crippen LogP contribution is -2.21. The van der Waals surface area contributed by atoms with Gasteiger partial charge in [0.2, 0.25) is 0 Å². The molecule has 1 N–H and O–H groups in total. The summed E-state index contributed by atoms with van der Waals surface area (Å²) < 4.78 is 1.81. The van der Waals surface area contributed by atoms with Crippen molar-refractivity contribution in [3.8, 4) is 0 Å². The van der Waals surface area contributed by atoms with Crippen LogP contribution in [-0.2, 0) is 6.54 Å². The molecule has 1 aromatic heterocycles. The van der Waals surface area contributed by atoms with Crippen LogP contribution in [-0.4, -0.2) is 51.4 Å². The molecule has 0 aliphatic carbocycles. The van der Waals surface area contributed by atoms with E-state index in [2.05, 4.69) is 23.8 Å². The van der Waals surface area contributed by atoms with Crippen molar-refractivity contribution in [3.63, 3.8) is 0 Å². The van der Waals surface area contributed by atoms with E-state index in [1.54, 1.807) is 18.0 Å². The van der Waals surface area contributed by atoms with Crippen molar-refractivity contribution in [2.24, 2.45) is 0 Å². The second-order valence-corrected chi connectivity index (χ2v) is 6.85. The minimum Gasteiger partial charge on any atom is -0.386 e. The topological polar surface area (TPSA) is 41.3 Å². The number of hydrogen-bond donors (Lipinski definition) is 1. The van der Waals surface area contributed by atoms with Gasteiger partial charge in [0.05, 0.1) is 23.5 Å². The van der Waals surface area contributed by atoms with Crippen LogP contribution >= 0.6 is 23.4 Å². The molecular formula is C13H24ClN3OS. The van der Waals surface area contributed by atoms with Gasteiger partial charge in [0.25, 0.3) is 0 Å². The van der Waals surface area contributed by atoms with Crippen molar-refractivity contribution in [1.82, 2.24) is 14.7 Å². The molecule has 1 rings (SSSR count). The van der Waals surface area contributed by atoms with Crippen LogP contribution in [0.5, 0.6) is 0 Å². The third-order valence-electron chi connectivity index (χ3n) is 3.02. The second kappa shape index (κ2) is 8.15. The van der Waals surface area contributed by atoms with Crippen molar-refractivity contribution in [1.29, 1.82) is 0 Å². The van der Waals surface area contributed by atoms with Crippen LogP contribution in [0.3, 0.4) is 0 Å². The normalized spacial score (nSPS) is 14.9. The fraction of sp³-hybridized carbons (Fsp3) is 0.769. The Morgan fingerprint density at radius 3 is 2.79 bits per heavy atom. The van der Waals surface area contributed by atoms with Crippen molar-refractivity contribution in [2.75, 3.05) is 26.4 Å². The molecule has 0 aliphatic heterocycles. The van der Waals surface area contributed by atoms with Crippen molar-refractivity contribution in [3.05, 3.63) is 16.9 Å². The van der Waals surface area contributed by atoms with E-state index in [4.69, 9.17) is 11.6 Å². The quantitative estimate of drug-likeness (QED) is 0.802. The van der Waals surface area contributed by atoms with Gasteiger partial charge in [-0.3, -0.25) is 4.68 Å². The summed E-state index contributed by atoms with van der Waals surface area (Å²) in [6.45, 7) is 5.93. The highest BCUT2D eigenvalue weighted by Crippen LogP contribution is 2.27. The summed E-state index contributed by atoms with van der Waals surface area (Å²) in [5.41, 5.74) is 0.735. The van der Waals surface area contributed by atoms with Gasteiger partial charge in [0, 0.05) is 17.5 Å². The predicted molar refractivity (Wildman–Crippen MR) is 83.0 cm³/mol. The Balaban J connectivity index is 2.66. The molecule has 19 heavy (non-hydrogen) atoms. The molecule has 6 heteroatoms. The fourth-order valence-corrected chi connectivity index (χ4v) is 2.80. The highest BCUT2D eigenvalue weighted by Gasteiger charge is 2.19. The maximum Gasteiger partial charge on any atom is 0.106 e. The van der Waals surface area contributed by atoms with E-state index < -0.39 is 6.10 Å². The fourth-order valence-electron chi connectivity index (χ4n) is 1.63. The molecule has 0 bridgehead atoms. The van der Waals surface area contributed by atoms with Crippen molar-refractivity contribution in [2.45, 2.75) is 38.2 Å². The van der Waals surface area contributed by atoms with Gasteiger partial charge in [-0.2, -0.15) is 16.9 Å². The average Bonchev–Trinajstić information content (AvgIpc) is 2.74. The number of hydrogen-bond acceptors (Lipinski definition) is 4. The molecule has 110 valence electrons. The van der Waals surface area contributed by atoms with Crippen molar-refractivity contribution >= 4 is 23.4 Å². The summed E-state index contributed by atoms with van der Waals surface area (Å²) >= 11 is 7.90. The van der Waals surface area contributed by atoms with E-state index in [9.17, 15) is 5.11 Å². The molecule has 4 nitrogen and oxygen atoms in total. The van der Waals surface area contributed by atoms with Gasteiger partial charge in [-0.25, -0.2) is 0 Å². The van der Waals surface area contributed by atoms with Crippen LogP contribution in [0.25, 0.3) is 0 Å². The SMILES string of the molecule is CCC(C)SCC(O)c1c(Cl)cnn1CCN(C)C. The number of aliphatic hydroxyl groups excluding tert-OH is 1. The van der Waals surface area contributed by atoms with Gasteiger partial charge in [-0.05, 0) is 20.5 Å². The molecule has 0 aliphatic rings. The molecule has 0 fully saturated rings. The van der Waals surface area contributed by atoms with Crippen LogP contribution in [0.4, 0.5) is 0 Å². The highest BCUT2D eigenvalue weighted by molar-refractivity contribution is 7.99. The van der Waals surface area contributed by atoms with E-state index >= 15 is 0 Å². The van der Waals surface area contributed by atoms with E-state index in [1.807, 2.05) is 18.8 Å². The first-order chi connectivity index (χ1) is 8.95. The number of aromatic nitrogens is 2. The van der Waals surface area contributed by atoms with Gasteiger partial charge < -0.3 is 10.0 Å². The number of thioether (sulfide) groups is 1. The maximum atomic E-state index is 10.3. The van der Waals surface area contributed by atoms with Gasteiger partial charge >= 0.3 is 0 Å². The van der Waals surface area contributed by atoms with Crippen molar-refractivity contribution < 1.29 is 5.11 Å². The Labute approximate surface area is 125 Å². The largest absolute Gasteiger partial charge is 0.386 e. The standard InChI is InChI=1S/C13H24ClN3OS/c1-5-10(2)19-9-12(18)13-11(14)8-15-17(13)7-6-16(3)4/h8,10,12,18H,5-7,9H2,1-4H3. The monoisotopic (exact) mass is 305 g/mol. The summed E-state index contributed by atoms with van der Waals surface area (Å²) in [5, 5.41) is 15.6. The summed E-state index contributed by atoms with van der Waals surface area (Å²) in [6, 6.07) is 0. The summed E-state index contributed by atoms with van der Waals surface area (Å²) in [5.74, 6) is 0.655. The Hall–Kier alpha value is -0.230. The summed E-state index contributed by atoms with van der Waals surface area (Å²) in [4.78, 5) is 2.08. The van der Waals surface area contributed by atoms with Crippen LogP contribution in [0.2, 0.25) is 5.02 Å². The Kier molecular flexibility index (Phi) is 7.21. The lowest BCUT2D eigenvalue weighted by molar-refractivity contribution is 0.190. The third kappa shape index (κ3) is 5.34. The number of nitrogens with zero attached hydrogens (tertiary/aromatic N) is 3. The molecule has 1 heterocycles. The molecule has 0 aromatic carbocycles. The number of halogens is 1. The zero-order valence-electron chi connectivity index (χ0n) is 12.1. The summed E-state index contributed by atoms with van der Waals surface area (Å²) in [6.07, 6.45) is 2.16. The number of rotatable bonds is 8. The average molecular weight is 306 g/mol. The van der Waals surface area contributed by atoms with Crippen LogP contribution < -0.4 is 0 Å². The lowest BCUT2D eigenvalue weighted by Gasteiger charge is -2.17. The minimum atomic E-state index is -0.559. The molecule has 0 saturated heterocycles. The zero-order chi connectivity index (χ0) is 14.4. The molecular weight excluding hydrogens is 282 g/mol. The van der Waals surface area contributed by atoms with Gasteiger partial charge in [-0.1, -0.05) is 25.4 Å². The van der Waals surface area contributed by atoms with E-state index in [-0.39, 0.29) is 0 Å². The molecule has 0 saturated carbocycles. The molecule has 0 spiro atoms. The summed E-state index contributed by atoms with van der Waals surface area (Å²) in [7, 11) is 4.03. The van der Waals surface area contributed by atoms with E-state index in [0.29, 0.717) is 16.0 Å². The second-order valence-electron chi connectivity index (χ2n) is 4.97. The van der Waals surface area contributed by atoms with Gasteiger partial charge in [0.1, 0.15) is 6.10 Å². The van der Waals surface area contributed by atoms with Gasteiger partial charge in [0.15, 0.2) is 0 Å². The third-order valence-corrected chi connectivity index (χ3v) is 4.72. The highest BCUT2D eigenvalue weighted by atomic mass is 35.5. The number of likely N-dealkylation sites (N-methyl/N-ethyl adjacent to an activating group) is 1. The molecule has 2 atom stereocenters. The first kappa shape index (κ1) is 16.8. The smallest absolute Gasteiger partial charge is 0.106 e. The van der Waals surface area contributed by atoms with Crippen LogP contribution in [0.15, 0.2) is 6.20 Å². The Bertz CT molecular complexity index is 384. The van der Waals surface area contributed by atoms with E-state index in [1.165, 1.54) is 0 Å². The van der Waals surface area contributed by atoms with E-state index in [0.717, 1.165) is 25.2 Å². The molecule has 2 unspecified atom stereocenters. The van der Waals surface area contributed by atoms with Gasteiger partial charge in [-0.15, -0.1) is 0 Å². The number of aliphatic hydroxyl groups is 1. The van der Waals surface area contributed by atoms with Crippen LogP contribution in [0.1, 0.15) is 32.1 Å². The first-order valence-corrected chi connectivity index (χ1v) is 8.04. The van der Waals surface area contributed by atoms with Crippen LogP contribution in [0, 0.1) is 0 Å². The zero-order valence-corrected chi connectivity index (χ0v) is 13.7. The lowest BCUT2D eigenvalue weighted by atomic mass is 10.3. The molecule has 1 aromatic rings. The predicted octanol–water partition coefficient (Wildman–Crippen LogP) is 2.66. The maximum absolute atomic E-state index is 10.3. The Morgan fingerprint density at radius 2 is 2.21 bits per heavy atom. The minimum absolute atomic E-state index is 0.548. The molecule has 0 amide bonds.